The van der Waals surface area contributed by atoms with Crippen LogP contribution in [0.15, 0.2) is 47.1 Å². The molecular weight excluding hydrogens is 470 g/mol. The van der Waals surface area contributed by atoms with Gasteiger partial charge in [-0.05, 0) is 58.7 Å². The van der Waals surface area contributed by atoms with Gasteiger partial charge >= 0.3 is 0 Å². The van der Waals surface area contributed by atoms with Gasteiger partial charge in [0.25, 0.3) is 5.91 Å². The van der Waals surface area contributed by atoms with E-state index in [-0.39, 0.29) is 5.91 Å². The number of rotatable bonds is 0. The van der Waals surface area contributed by atoms with Crippen LogP contribution in [0.4, 0.5) is 0 Å². The van der Waals surface area contributed by atoms with Gasteiger partial charge in [0.05, 0.1) is 16.8 Å². The van der Waals surface area contributed by atoms with Crippen molar-refractivity contribution in [2.45, 2.75) is 20.0 Å². The summed E-state index contributed by atoms with van der Waals surface area (Å²) < 4.78 is 9.05. The van der Waals surface area contributed by atoms with Crippen molar-refractivity contribution in [2.75, 3.05) is 26.2 Å². The minimum Gasteiger partial charge on any atom is -0.456 e. The van der Waals surface area contributed by atoms with Gasteiger partial charge in [-0.25, -0.2) is 4.98 Å². The second kappa shape index (κ2) is 8.41. The number of carbonyl (C=O) groups excluding carboxylic acids is 1. The minimum atomic E-state index is -0.0239. The topological polar surface area (TPSA) is 74.4 Å². The number of aryl methyl sites for hydroxylation is 1. The lowest BCUT2D eigenvalue weighted by Crippen LogP contribution is -2.48. The van der Waals surface area contributed by atoms with Gasteiger partial charge in [-0.15, -0.1) is 0 Å². The molecule has 0 spiro atoms. The van der Waals surface area contributed by atoms with Crippen LogP contribution >= 0.6 is 15.9 Å². The number of carbonyl (C=O) groups is 1. The number of amides is 1. The third-order valence-corrected chi connectivity index (χ3v) is 6.78. The predicted molar refractivity (Wildman–Crippen MR) is 123 cm³/mol. The van der Waals surface area contributed by atoms with Crippen molar-refractivity contribution in [3.8, 4) is 17.6 Å². The first-order chi connectivity index (χ1) is 15.5. The average molecular weight is 492 g/mol. The third-order valence-electron chi connectivity index (χ3n) is 6.09. The second-order valence-electron chi connectivity index (χ2n) is 8.14. The maximum atomic E-state index is 13.2. The van der Waals surface area contributed by atoms with Gasteiger partial charge in [-0.2, -0.15) is 5.26 Å². The number of halogens is 1. The number of benzene rings is 2. The number of piperazine rings is 1. The molecule has 4 heterocycles. The molecule has 3 aliphatic heterocycles. The molecule has 1 saturated heterocycles. The lowest BCUT2D eigenvalue weighted by molar-refractivity contribution is 0.0624. The van der Waals surface area contributed by atoms with Crippen molar-refractivity contribution in [1.82, 2.24) is 19.4 Å². The summed E-state index contributed by atoms with van der Waals surface area (Å²) in [7, 11) is 0. The van der Waals surface area contributed by atoms with Crippen molar-refractivity contribution in [3.63, 3.8) is 0 Å². The largest absolute Gasteiger partial charge is 0.456 e. The first-order valence-electron chi connectivity index (χ1n) is 10.5. The van der Waals surface area contributed by atoms with E-state index in [1.54, 1.807) is 18.2 Å². The fourth-order valence-corrected chi connectivity index (χ4v) is 4.67. The Morgan fingerprint density at radius 1 is 1.09 bits per heavy atom. The van der Waals surface area contributed by atoms with E-state index < -0.39 is 0 Å². The number of fused-ring (bicyclic) bond motifs is 2. The Morgan fingerprint density at radius 3 is 2.69 bits per heavy atom. The molecule has 6 bridgehead atoms. The normalized spacial score (nSPS) is 16.4. The van der Waals surface area contributed by atoms with E-state index in [1.165, 1.54) is 0 Å². The Kier molecular flexibility index (Phi) is 5.45. The van der Waals surface area contributed by atoms with Gasteiger partial charge in [-0.3, -0.25) is 9.69 Å². The summed E-state index contributed by atoms with van der Waals surface area (Å²) >= 11 is 3.51. The average Bonchev–Trinajstić information content (AvgIpc) is 3.14. The van der Waals surface area contributed by atoms with Gasteiger partial charge in [0, 0.05) is 49.9 Å². The summed E-state index contributed by atoms with van der Waals surface area (Å²) in [4.78, 5) is 22.0. The number of aromatic nitrogens is 2. The maximum absolute atomic E-state index is 13.2. The first kappa shape index (κ1) is 20.7. The van der Waals surface area contributed by atoms with Crippen molar-refractivity contribution < 1.29 is 9.53 Å². The van der Waals surface area contributed by atoms with Gasteiger partial charge in [0.15, 0.2) is 0 Å². The Labute approximate surface area is 195 Å². The van der Waals surface area contributed by atoms with Crippen LogP contribution in [0, 0.1) is 18.3 Å². The highest BCUT2D eigenvalue weighted by Gasteiger charge is 2.25. The van der Waals surface area contributed by atoms with E-state index in [9.17, 15) is 10.1 Å². The number of nitrogens with zero attached hydrogens (tertiary/aromatic N) is 5. The lowest BCUT2D eigenvalue weighted by Gasteiger charge is -2.35. The quantitative estimate of drug-likeness (QED) is 0.476. The molecule has 0 atom stereocenters. The molecule has 162 valence electrons. The molecule has 0 unspecified atom stereocenters. The highest BCUT2D eigenvalue weighted by Crippen LogP contribution is 2.31. The number of hydrogen-bond acceptors (Lipinski definition) is 5. The third kappa shape index (κ3) is 3.90. The van der Waals surface area contributed by atoms with Crippen molar-refractivity contribution >= 4 is 21.8 Å². The number of imidazole rings is 1. The number of hydrogen-bond donors (Lipinski definition) is 0. The standard InChI is InChI=1S/C24H22BrN5O2/c1-16-27-13-19-15-28-6-8-29(9-7-28)24(31)21-11-20(4-5-22(21)25)32-23-10-17(14-30(16)19)2-3-18(23)12-26/h2-5,10-11,13H,6-9,14-15H2,1H3. The number of nitriles is 1. The van der Waals surface area contributed by atoms with Gasteiger partial charge in [-0.1, -0.05) is 6.07 Å². The molecule has 32 heavy (non-hydrogen) atoms. The van der Waals surface area contributed by atoms with E-state index in [4.69, 9.17) is 4.74 Å². The van der Waals surface area contributed by atoms with Crippen LogP contribution < -0.4 is 4.74 Å². The molecule has 0 aliphatic carbocycles. The summed E-state index contributed by atoms with van der Waals surface area (Å²) in [6.45, 7) is 6.38. The smallest absolute Gasteiger partial charge is 0.255 e. The Balaban J connectivity index is 1.62. The molecule has 3 aliphatic rings. The molecule has 3 aromatic rings. The fraction of sp³-hybridized carbons (Fsp3) is 0.292. The van der Waals surface area contributed by atoms with Crippen LogP contribution in [-0.4, -0.2) is 51.4 Å². The zero-order valence-corrected chi connectivity index (χ0v) is 19.3. The summed E-state index contributed by atoms with van der Waals surface area (Å²) in [6, 6.07) is 13.2. The Morgan fingerprint density at radius 2 is 1.91 bits per heavy atom. The highest BCUT2D eigenvalue weighted by molar-refractivity contribution is 9.10. The summed E-state index contributed by atoms with van der Waals surface area (Å²) in [5, 5.41) is 9.59. The van der Waals surface area contributed by atoms with Crippen LogP contribution in [0.1, 0.15) is 33.0 Å². The van der Waals surface area contributed by atoms with Crippen molar-refractivity contribution in [2.24, 2.45) is 0 Å². The zero-order chi connectivity index (χ0) is 22.2. The van der Waals surface area contributed by atoms with Gasteiger partial charge in [0.1, 0.15) is 23.4 Å². The van der Waals surface area contributed by atoms with Crippen LogP contribution in [0.5, 0.6) is 11.5 Å². The summed E-state index contributed by atoms with van der Waals surface area (Å²) in [6.07, 6.45) is 1.93. The van der Waals surface area contributed by atoms with E-state index in [2.05, 4.69) is 36.5 Å². The minimum absolute atomic E-state index is 0.0239. The highest BCUT2D eigenvalue weighted by atomic mass is 79.9. The lowest BCUT2D eigenvalue weighted by atomic mass is 10.1. The molecule has 0 radical (unpaired) electrons. The molecule has 1 fully saturated rings. The Bertz CT molecular complexity index is 1240. The summed E-state index contributed by atoms with van der Waals surface area (Å²) in [5.74, 6) is 1.92. The second-order valence-corrected chi connectivity index (χ2v) is 8.99. The van der Waals surface area contributed by atoms with Crippen LogP contribution in [0.25, 0.3) is 0 Å². The Hall–Kier alpha value is -3.15. The van der Waals surface area contributed by atoms with E-state index in [0.29, 0.717) is 42.3 Å². The van der Waals surface area contributed by atoms with E-state index in [0.717, 1.165) is 41.2 Å². The predicted octanol–water partition coefficient (Wildman–Crippen LogP) is 3.94. The fourth-order valence-electron chi connectivity index (χ4n) is 4.25. The zero-order valence-electron chi connectivity index (χ0n) is 17.7. The molecule has 0 N–H and O–H groups in total. The molecule has 0 saturated carbocycles. The van der Waals surface area contributed by atoms with Crippen molar-refractivity contribution in [1.29, 1.82) is 5.26 Å². The van der Waals surface area contributed by atoms with Crippen LogP contribution in [0.3, 0.4) is 0 Å². The molecular formula is C24H22BrN5O2. The maximum Gasteiger partial charge on any atom is 0.255 e. The number of ether oxygens (including phenoxy) is 1. The van der Waals surface area contributed by atoms with Crippen LogP contribution in [0.2, 0.25) is 0 Å². The summed E-state index contributed by atoms with van der Waals surface area (Å²) in [5.41, 5.74) is 3.16. The van der Waals surface area contributed by atoms with Crippen molar-refractivity contribution in [3.05, 3.63) is 75.3 Å². The van der Waals surface area contributed by atoms with E-state index >= 15 is 0 Å². The molecule has 6 rings (SSSR count). The van der Waals surface area contributed by atoms with E-state index in [1.807, 2.05) is 36.2 Å². The van der Waals surface area contributed by atoms with Gasteiger partial charge < -0.3 is 14.2 Å². The molecule has 8 heteroatoms. The molecule has 1 aromatic heterocycles. The SMILES string of the molecule is Cc1ncc2n1Cc1ccc(C#N)c(c1)Oc1ccc(Br)c(c1)C(=O)N1CCN(CC1)C2. The monoisotopic (exact) mass is 491 g/mol. The van der Waals surface area contributed by atoms with Crippen LogP contribution in [-0.2, 0) is 13.1 Å². The molecule has 7 nitrogen and oxygen atoms in total. The molecule has 1 amide bonds. The van der Waals surface area contributed by atoms with Gasteiger partial charge in [0.2, 0.25) is 0 Å². The first-order valence-corrected chi connectivity index (χ1v) is 11.3. The molecule has 2 aromatic carbocycles.